The number of hydrogen-bond acceptors (Lipinski definition) is 3. The summed E-state index contributed by atoms with van der Waals surface area (Å²) in [4.78, 5) is 15.0. The smallest absolute Gasteiger partial charge is 0.267 e. The van der Waals surface area contributed by atoms with Crippen molar-refractivity contribution in [2.24, 2.45) is 5.10 Å². The molecule has 0 radical (unpaired) electrons. The molecule has 1 aliphatic rings. The minimum absolute atomic E-state index is 0.108. The van der Waals surface area contributed by atoms with Gasteiger partial charge in [-0.15, -0.1) is 0 Å². The number of hydrazone groups is 1. The zero-order valence-electron chi connectivity index (χ0n) is 15.2. The molecule has 0 unspecified atom stereocenters. The molecule has 0 N–H and O–H groups in total. The van der Waals surface area contributed by atoms with Gasteiger partial charge in [-0.3, -0.25) is 4.79 Å². The molecule has 138 valence electrons. The van der Waals surface area contributed by atoms with Gasteiger partial charge in [-0.05, 0) is 67.1 Å². The van der Waals surface area contributed by atoms with E-state index in [-0.39, 0.29) is 5.91 Å². The number of rotatable bonds is 4. The molecule has 1 amide bonds. The van der Waals surface area contributed by atoms with E-state index in [2.05, 4.69) is 5.10 Å². The summed E-state index contributed by atoms with van der Waals surface area (Å²) in [6, 6.07) is 25.3. The molecule has 4 rings (SSSR count). The fraction of sp³-hybridized carbons (Fsp3) is 0.0435. The van der Waals surface area contributed by atoms with Crippen molar-refractivity contribution in [3.05, 3.63) is 95.0 Å². The van der Waals surface area contributed by atoms with E-state index in [4.69, 9.17) is 11.6 Å². The average molecular weight is 405 g/mol. The number of benzene rings is 3. The van der Waals surface area contributed by atoms with Crippen LogP contribution in [0.25, 0.3) is 6.08 Å². The highest BCUT2D eigenvalue weighted by Gasteiger charge is 2.28. The first-order chi connectivity index (χ1) is 13.6. The normalized spacial score (nSPS) is 15.2. The topological polar surface area (TPSA) is 32.7 Å². The molecular formula is C23H17ClN2OS. The van der Waals surface area contributed by atoms with Gasteiger partial charge in [0.25, 0.3) is 5.91 Å². The third-order valence-electron chi connectivity index (χ3n) is 4.30. The standard InChI is InChI=1S/C23H17ClN2OS/c1-16-22(23(27)26(25-16)19-5-3-2-4-6-19)15-17-7-11-20(12-8-17)28-21-13-9-18(24)10-14-21/h2-15H,1H3. The second-order valence-corrected chi connectivity index (χ2v) is 7.90. The summed E-state index contributed by atoms with van der Waals surface area (Å²) < 4.78 is 0. The molecule has 0 spiro atoms. The first-order valence-corrected chi connectivity index (χ1v) is 10.00. The molecule has 0 aromatic heterocycles. The largest absolute Gasteiger partial charge is 0.280 e. The Morgan fingerprint density at radius 2 is 1.50 bits per heavy atom. The van der Waals surface area contributed by atoms with Crippen molar-refractivity contribution in [3.63, 3.8) is 0 Å². The Kier molecular flexibility index (Phi) is 5.33. The van der Waals surface area contributed by atoms with Gasteiger partial charge in [0.2, 0.25) is 0 Å². The third kappa shape index (κ3) is 4.03. The van der Waals surface area contributed by atoms with E-state index in [1.165, 1.54) is 5.01 Å². The Bertz CT molecular complexity index is 1060. The van der Waals surface area contributed by atoms with Gasteiger partial charge in [-0.1, -0.05) is 53.7 Å². The van der Waals surface area contributed by atoms with E-state index < -0.39 is 0 Å². The third-order valence-corrected chi connectivity index (χ3v) is 5.57. The Morgan fingerprint density at radius 3 is 2.14 bits per heavy atom. The predicted octanol–water partition coefficient (Wildman–Crippen LogP) is 6.30. The molecule has 0 fully saturated rings. The lowest BCUT2D eigenvalue weighted by Crippen LogP contribution is -2.21. The lowest BCUT2D eigenvalue weighted by atomic mass is 10.1. The van der Waals surface area contributed by atoms with Crippen LogP contribution in [0, 0.1) is 0 Å². The van der Waals surface area contributed by atoms with Gasteiger partial charge in [0.15, 0.2) is 0 Å². The second-order valence-electron chi connectivity index (χ2n) is 6.32. The lowest BCUT2D eigenvalue weighted by Gasteiger charge is -2.11. The fourth-order valence-electron chi connectivity index (χ4n) is 2.87. The number of nitrogens with zero attached hydrogens (tertiary/aromatic N) is 2. The number of para-hydroxylation sites is 1. The minimum atomic E-state index is -0.108. The van der Waals surface area contributed by atoms with Crippen molar-refractivity contribution < 1.29 is 4.79 Å². The summed E-state index contributed by atoms with van der Waals surface area (Å²) in [5.41, 5.74) is 3.06. The van der Waals surface area contributed by atoms with Crippen molar-refractivity contribution in [2.75, 3.05) is 5.01 Å². The Labute approximate surface area is 173 Å². The van der Waals surface area contributed by atoms with Crippen molar-refractivity contribution in [1.82, 2.24) is 0 Å². The van der Waals surface area contributed by atoms with Crippen LogP contribution in [0.15, 0.2) is 99.3 Å². The number of carbonyl (C=O) groups is 1. The number of carbonyl (C=O) groups excluding carboxylic acids is 1. The molecule has 1 heterocycles. The molecule has 0 atom stereocenters. The van der Waals surface area contributed by atoms with E-state index in [1.54, 1.807) is 11.8 Å². The predicted molar refractivity (Wildman–Crippen MR) is 117 cm³/mol. The number of halogens is 1. The quantitative estimate of drug-likeness (QED) is 0.478. The summed E-state index contributed by atoms with van der Waals surface area (Å²) in [6.45, 7) is 1.86. The van der Waals surface area contributed by atoms with E-state index in [0.717, 1.165) is 26.1 Å². The average Bonchev–Trinajstić information content (AvgIpc) is 3.00. The summed E-state index contributed by atoms with van der Waals surface area (Å²) >= 11 is 7.60. The zero-order chi connectivity index (χ0) is 19.5. The van der Waals surface area contributed by atoms with Crippen molar-refractivity contribution in [3.8, 4) is 0 Å². The Hall–Kier alpha value is -2.82. The van der Waals surface area contributed by atoms with Gasteiger partial charge in [0.05, 0.1) is 17.0 Å². The van der Waals surface area contributed by atoms with Crippen LogP contribution in [-0.4, -0.2) is 11.6 Å². The molecule has 3 nitrogen and oxygen atoms in total. The summed E-state index contributed by atoms with van der Waals surface area (Å²) in [7, 11) is 0. The lowest BCUT2D eigenvalue weighted by molar-refractivity contribution is -0.114. The van der Waals surface area contributed by atoms with Crippen LogP contribution in [0.4, 0.5) is 5.69 Å². The minimum Gasteiger partial charge on any atom is -0.267 e. The summed E-state index contributed by atoms with van der Waals surface area (Å²) in [6.07, 6.45) is 1.89. The maximum absolute atomic E-state index is 12.8. The Morgan fingerprint density at radius 1 is 0.893 bits per heavy atom. The van der Waals surface area contributed by atoms with Crippen LogP contribution >= 0.6 is 23.4 Å². The highest BCUT2D eigenvalue weighted by atomic mass is 35.5. The molecule has 0 saturated heterocycles. The summed E-state index contributed by atoms with van der Waals surface area (Å²) in [5.74, 6) is -0.108. The molecule has 28 heavy (non-hydrogen) atoms. The Balaban J connectivity index is 1.52. The number of anilines is 1. The first kappa shape index (κ1) is 18.5. The second kappa shape index (κ2) is 8.05. The monoisotopic (exact) mass is 404 g/mol. The molecule has 0 bridgehead atoms. The maximum atomic E-state index is 12.8. The fourth-order valence-corrected chi connectivity index (χ4v) is 3.81. The van der Waals surface area contributed by atoms with Crippen LogP contribution in [-0.2, 0) is 4.79 Å². The molecular weight excluding hydrogens is 388 g/mol. The molecule has 1 aliphatic heterocycles. The van der Waals surface area contributed by atoms with Gasteiger partial charge in [-0.2, -0.15) is 10.1 Å². The maximum Gasteiger partial charge on any atom is 0.280 e. The van der Waals surface area contributed by atoms with Crippen LogP contribution in [0.3, 0.4) is 0 Å². The molecule has 3 aromatic rings. The van der Waals surface area contributed by atoms with E-state index in [1.807, 2.05) is 91.9 Å². The molecule has 5 heteroatoms. The number of amides is 1. The number of hydrogen-bond donors (Lipinski definition) is 0. The SMILES string of the molecule is CC1=NN(c2ccccc2)C(=O)C1=Cc1ccc(Sc2ccc(Cl)cc2)cc1. The highest BCUT2D eigenvalue weighted by Crippen LogP contribution is 2.30. The highest BCUT2D eigenvalue weighted by molar-refractivity contribution is 7.99. The van der Waals surface area contributed by atoms with Crippen LogP contribution < -0.4 is 5.01 Å². The molecule has 0 saturated carbocycles. The molecule has 3 aromatic carbocycles. The van der Waals surface area contributed by atoms with Gasteiger partial charge < -0.3 is 0 Å². The molecule has 0 aliphatic carbocycles. The van der Waals surface area contributed by atoms with E-state index >= 15 is 0 Å². The first-order valence-electron chi connectivity index (χ1n) is 8.80. The van der Waals surface area contributed by atoms with Crippen molar-refractivity contribution in [2.45, 2.75) is 16.7 Å². The summed E-state index contributed by atoms with van der Waals surface area (Å²) in [5, 5.41) is 6.60. The van der Waals surface area contributed by atoms with Crippen LogP contribution in [0.1, 0.15) is 12.5 Å². The van der Waals surface area contributed by atoms with Crippen LogP contribution in [0.5, 0.6) is 0 Å². The van der Waals surface area contributed by atoms with Gasteiger partial charge in [0, 0.05) is 14.8 Å². The van der Waals surface area contributed by atoms with Crippen molar-refractivity contribution >= 4 is 46.7 Å². The van der Waals surface area contributed by atoms with Gasteiger partial charge in [0.1, 0.15) is 0 Å². The van der Waals surface area contributed by atoms with Gasteiger partial charge >= 0.3 is 0 Å². The van der Waals surface area contributed by atoms with Crippen LogP contribution in [0.2, 0.25) is 5.02 Å². The van der Waals surface area contributed by atoms with E-state index in [9.17, 15) is 4.79 Å². The van der Waals surface area contributed by atoms with E-state index in [0.29, 0.717) is 11.3 Å². The zero-order valence-corrected chi connectivity index (χ0v) is 16.7. The van der Waals surface area contributed by atoms with Gasteiger partial charge in [-0.25, -0.2) is 0 Å². The van der Waals surface area contributed by atoms with Crippen molar-refractivity contribution in [1.29, 1.82) is 0 Å².